The normalized spacial score (nSPS) is 18.2. The Balaban J connectivity index is 1.80. The van der Waals surface area contributed by atoms with E-state index >= 15 is 0 Å². The van der Waals surface area contributed by atoms with E-state index in [1.54, 1.807) is 0 Å². The molecule has 1 atom stereocenters. The lowest BCUT2D eigenvalue weighted by Crippen LogP contribution is -2.51. The van der Waals surface area contributed by atoms with Crippen LogP contribution in [0, 0.1) is 0 Å². The molecule has 1 N–H and O–H groups in total. The second kappa shape index (κ2) is 8.75. The maximum atomic E-state index is 12.8. The third kappa shape index (κ3) is 4.93. The number of rotatable bonds is 5. The van der Waals surface area contributed by atoms with Crippen molar-refractivity contribution in [1.82, 2.24) is 14.9 Å². The molecule has 1 aliphatic heterocycles. The molecular weight excluding hydrogens is 403 g/mol. The number of hydrogen-bond donors (Lipinski definition) is 1. The first kappa shape index (κ1) is 21.6. The van der Waals surface area contributed by atoms with E-state index in [2.05, 4.69) is 45.1 Å². The molecule has 5 nitrogen and oxygen atoms in total. The molecule has 3 rings (SSSR count). The van der Waals surface area contributed by atoms with Gasteiger partial charge in [-0.1, -0.05) is 25.4 Å². The number of aryl methyl sites for hydroxylation is 1. The number of aromatic nitrogens is 2. The maximum Gasteiger partial charge on any atom is 0.420 e. The van der Waals surface area contributed by atoms with E-state index in [-0.39, 0.29) is 5.95 Å². The van der Waals surface area contributed by atoms with Crippen LogP contribution >= 0.6 is 11.6 Å². The van der Waals surface area contributed by atoms with Crippen LogP contribution in [0.3, 0.4) is 0 Å². The highest BCUT2D eigenvalue weighted by Gasteiger charge is 2.34. The molecule has 1 aromatic heterocycles. The van der Waals surface area contributed by atoms with Crippen LogP contribution in [-0.4, -0.2) is 47.6 Å². The summed E-state index contributed by atoms with van der Waals surface area (Å²) in [5.74, 6) is 0.0381. The van der Waals surface area contributed by atoms with Gasteiger partial charge in [0, 0.05) is 43.2 Å². The summed E-state index contributed by atoms with van der Waals surface area (Å²) in [6.45, 7) is 7.17. The molecule has 0 aliphatic carbocycles. The van der Waals surface area contributed by atoms with Crippen LogP contribution in [0.15, 0.2) is 24.4 Å². The predicted octanol–water partition coefficient (Wildman–Crippen LogP) is 4.99. The zero-order chi connectivity index (χ0) is 21.2. The van der Waals surface area contributed by atoms with E-state index in [1.165, 1.54) is 0 Å². The molecule has 2 heterocycles. The average Bonchev–Trinajstić information content (AvgIpc) is 2.67. The van der Waals surface area contributed by atoms with Gasteiger partial charge in [0.25, 0.3) is 0 Å². The van der Waals surface area contributed by atoms with Crippen molar-refractivity contribution >= 4 is 28.9 Å². The third-order valence-electron chi connectivity index (χ3n) is 5.38. The first-order valence-electron chi connectivity index (χ1n) is 9.67. The van der Waals surface area contributed by atoms with Crippen LogP contribution in [0.4, 0.5) is 30.5 Å². The summed E-state index contributed by atoms with van der Waals surface area (Å²) in [4.78, 5) is 12.3. The Bertz CT molecular complexity index is 858. The van der Waals surface area contributed by atoms with Gasteiger partial charge in [0.15, 0.2) is 0 Å². The number of benzene rings is 1. The molecule has 1 aromatic carbocycles. The quantitative estimate of drug-likeness (QED) is 0.681. The lowest BCUT2D eigenvalue weighted by atomic mass is 10.1. The summed E-state index contributed by atoms with van der Waals surface area (Å²) < 4.78 is 38.5. The zero-order valence-corrected chi connectivity index (χ0v) is 17.5. The van der Waals surface area contributed by atoms with Gasteiger partial charge in [-0.25, -0.2) is 9.97 Å². The molecule has 2 aromatic rings. The molecule has 9 heteroatoms. The zero-order valence-electron chi connectivity index (χ0n) is 16.7. The van der Waals surface area contributed by atoms with Crippen molar-refractivity contribution in [2.24, 2.45) is 0 Å². The van der Waals surface area contributed by atoms with Gasteiger partial charge in [-0.2, -0.15) is 13.2 Å². The maximum absolute atomic E-state index is 12.8. The van der Waals surface area contributed by atoms with Crippen molar-refractivity contribution < 1.29 is 13.2 Å². The standard InChI is InChI=1S/C20H25ClF3N5/c1-4-13-10-15(29-9-8-28(3)14(5-2)12-29)6-7-17(13)26-19-25-11-16(18(21)27-19)20(22,23)24/h6-7,10-11,14H,4-5,8-9,12H2,1-3H3,(H,25,26,27)/t14-/m0/s1. The second-order valence-electron chi connectivity index (χ2n) is 7.20. The van der Waals surface area contributed by atoms with Crippen LogP contribution in [0.1, 0.15) is 31.4 Å². The molecule has 29 heavy (non-hydrogen) atoms. The molecule has 0 bridgehead atoms. The fourth-order valence-electron chi connectivity index (χ4n) is 3.54. The van der Waals surface area contributed by atoms with Gasteiger partial charge in [0.1, 0.15) is 10.7 Å². The van der Waals surface area contributed by atoms with Gasteiger partial charge in [0.05, 0.1) is 0 Å². The second-order valence-corrected chi connectivity index (χ2v) is 7.56. The molecule has 0 radical (unpaired) electrons. The van der Waals surface area contributed by atoms with Crippen molar-refractivity contribution in [3.8, 4) is 0 Å². The summed E-state index contributed by atoms with van der Waals surface area (Å²) in [6.07, 6.45) is -2.02. The summed E-state index contributed by atoms with van der Waals surface area (Å²) in [7, 11) is 2.16. The molecule has 0 unspecified atom stereocenters. The minimum absolute atomic E-state index is 0.0381. The van der Waals surface area contributed by atoms with E-state index in [9.17, 15) is 13.2 Å². The van der Waals surface area contributed by atoms with Crippen LogP contribution < -0.4 is 10.2 Å². The fourth-order valence-corrected chi connectivity index (χ4v) is 3.78. The van der Waals surface area contributed by atoms with E-state index in [0.717, 1.165) is 49.4 Å². The Hall–Kier alpha value is -2.06. The molecule has 1 fully saturated rings. The van der Waals surface area contributed by atoms with Gasteiger partial charge >= 0.3 is 6.18 Å². The van der Waals surface area contributed by atoms with Gasteiger partial charge in [-0.05, 0) is 43.7 Å². The lowest BCUT2D eigenvalue weighted by Gasteiger charge is -2.40. The smallest absolute Gasteiger partial charge is 0.369 e. The first-order valence-corrected chi connectivity index (χ1v) is 10.1. The largest absolute Gasteiger partial charge is 0.420 e. The number of halogens is 4. The first-order chi connectivity index (χ1) is 13.7. The minimum Gasteiger partial charge on any atom is -0.369 e. The summed E-state index contributed by atoms with van der Waals surface area (Å²) in [5, 5.41) is 2.38. The SMILES string of the molecule is CCc1cc(N2CCN(C)[C@@H](CC)C2)ccc1Nc1ncc(C(F)(F)F)c(Cl)n1. The Kier molecular flexibility index (Phi) is 6.53. The van der Waals surface area contributed by atoms with Gasteiger partial charge < -0.3 is 10.2 Å². The van der Waals surface area contributed by atoms with Gasteiger partial charge in [-0.3, -0.25) is 4.90 Å². The van der Waals surface area contributed by atoms with E-state index in [4.69, 9.17) is 11.6 Å². The number of likely N-dealkylation sites (N-methyl/N-ethyl adjacent to an activating group) is 1. The molecular formula is C20H25ClF3N5. The Morgan fingerprint density at radius 3 is 2.62 bits per heavy atom. The summed E-state index contributed by atoms with van der Waals surface area (Å²) >= 11 is 5.70. The molecule has 0 saturated carbocycles. The van der Waals surface area contributed by atoms with Crippen molar-refractivity contribution in [1.29, 1.82) is 0 Å². The number of nitrogens with one attached hydrogen (secondary N) is 1. The Labute approximate surface area is 173 Å². The monoisotopic (exact) mass is 427 g/mol. The fraction of sp³-hybridized carbons (Fsp3) is 0.500. The lowest BCUT2D eigenvalue weighted by molar-refractivity contribution is -0.137. The third-order valence-corrected chi connectivity index (χ3v) is 5.67. The van der Waals surface area contributed by atoms with Crippen LogP contribution in [-0.2, 0) is 12.6 Å². The highest BCUT2D eigenvalue weighted by molar-refractivity contribution is 6.30. The Morgan fingerprint density at radius 2 is 2.00 bits per heavy atom. The number of nitrogens with zero attached hydrogens (tertiary/aromatic N) is 4. The number of hydrogen-bond acceptors (Lipinski definition) is 5. The van der Waals surface area contributed by atoms with E-state index < -0.39 is 16.9 Å². The number of alkyl halides is 3. The van der Waals surface area contributed by atoms with E-state index in [0.29, 0.717) is 12.2 Å². The molecule has 1 aliphatic rings. The van der Waals surface area contributed by atoms with Crippen LogP contribution in [0.2, 0.25) is 5.15 Å². The van der Waals surface area contributed by atoms with Crippen LogP contribution in [0.5, 0.6) is 0 Å². The molecule has 0 amide bonds. The van der Waals surface area contributed by atoms with Crippen molar-refractivity contribution in [3.63, 3.8) is 0 Å². The van der Waals surface area contributed by atoms with Crippen molar-refractivity contribution in [2.45, 2.75) is 38.9 Å². The predicted molar refractivity (Wildman–Crippen MR) is 110 cm³/mol. The highest BCUT2D eigenvalue weighted by atomic mass is 35.5. The average molecular weight is 428 g/mol. The number of anilines is 3. The molecule has 158 valence electrons. The van der Waals surface area contributed by atoms with Crippen molar-refractivity contribution in [2.75, 3.05) is 36.9 Å². The summed E-state index contributed by atoms with van der Waals surface area (Å²) in [5.41, 5.74) is 1.89. The van der Waals surface area contributed by atoms with E-state index in [1.807, 2.05) is 19.1 Å². The minimum atomic E-state index is -4.58. The highest BCUT2D eigenvalue weighted by Crippen LogP contribution is 2.34. The van der Waals surface area contributed by atoms with Gasteiger partial charge in [0.2, 0.25) is 5.95 Å². The van der Waals surface area contributed by atoms with Crippen molar-refractivity contribution in [3.05, 3.63) is 40.7 Å². The van der Waals surface area contributed by atoms with Gasteiger partial charge in [-0.15, -0.1) is 0 Å². The summed E-state index contributed by atoms with van der Waals surface area (Å²) in [6, 6.07) is 6.58. The Morgan fingerprint density at radius 1 is 1.24 bits per heavy atom. The molecule has 1 saturated heterocycles. The number of piperazine rings is 1. The topological polar surface area (TPSA) is 44.3 Å². The molecule has 0 spiro atoms. The van der Waals surface area contributed by atoms with Crippen LogP contribution in [0.25, 0.3) is 0 Å².